The summed E-state index contributed by atoms with van der Waals surface area (Å²) in [6, 6.07) is 6.13. The first-order valence-corrected chi connectivity index (χ1v) is 16.7. The molecule has 1 aromatic heterocycles. The first-order chi connectivity index (χ1) is 19.7. The standard InChI is InChI=1S/C31H42F2N2O4S2/c1-31(32,33)25-12-14-26(15-13-25)39-19-22-7-9-23(10-8-22)24(17-21-5-3-2-4-6-21)11-16-27(36)35-30-34-18-29(41-30)40-20-28(37)38/h12-15,18,21-24H,2-11,16-17,19-20H2,1H3,(H,37,38)(H,34,35,36). The fourth-order valence-electron chi connectivity index (χ4n) is 6.30. The van der Waals surface area contributed by atoms with Crippen molar-refractivity contribution in [3.8, 4) is 5.75 Å². The van der Waals surface area contributed by atoms with Crippen LogP contribution in [-0.4, -0.2) is 34.3 Å². The molecule has 0 radical (unpaired) electrons. The van der Waals surface area contributed by atoms with Crippen LogP contribution < -0.4 is 10.1 Å². The minimum Gasteiger partial charge on any atom is -0.493 e. The van der Waals surface area contributed by atoms with E-state index in [0.717, 1.165) is 49.2 Å². The number of thioether (sulfide) groups is 1. The molecule has 1 unspecified atom stereocenters. The molecule has 0 aliphatic heterocycles. The van der Waals surface area contributed by atoms with Gasteiger partial charge in [-0.15, -0.1) is 11.8 Å². The van der Waals surface area contributed by atoms with Crippen LogP contribution in [0.25, 0.3) is 0 Å². The number of rotatable bonds is 14. The van der Waals surface area contributed by atoms with Crippen LogP contribution in [0.2, 0.25) is 0 Å². The first-order valence-electron chi connectivity index (χ1n) is 14.9. The summed E-state index contributed by atoms with van der Waals surface area (Å²) in [5.74, 6) is -0.821. The predicted octanol–water partition coefficient (Wildman–Crippen LogP) is 8.62. The van der Waals surface area contributed by atoms with Crippen molar-refractivity contribution in [3.05, 3.63) is 36.0 Å². The van der Waals surface area contributed by atoms with Crippen LogP contribution in [0.3, 0.4) is 0 Å². The Morgan fingerprint density at radius 2 is 1.80 bits per heavy atom. The van der Waals surface area contributed by atoms with Crippen LogP contribution >= 0.6 is 23.1 Å². The quantitative estimate of drug-likeness (QED) is 0.209. The number of benzene rings is 1. The van der Waals surface area contributed by atoms with E-state index in [1.807, 2.05) is 0 Å². The highest BCUT2D eigenvalue weighted by Gasteiger charge is 2.31. The third kappa shape index (κ3) is 10.5. The topological polar surface area (TPSA) is 88.5 Å². The fraction of sp³-hybridized carbons (Fsp3) is 0.645. The highest BCUT2D eigenvalue weighted by Crippen LogP contribution is 2.41. The zero-order valence-corrected chi connectivity index (χ0v) is 25.4. The maximum Gasteiger partial charge on any atom is 0.313 e. The number of hydrogen-bond donors (Lipinski definition) is 2. The fourth-order valence-corrected chi connectivity index (χ4v) is 7.90. The van der Waals surface area contributed by atoms with Crippen molar-refractivity contribution in [1.29, 1.82) is 0 Å². The van der Waals surface area contributed by atoms with Gasteiger partial charge in [0.25, 0.3) is 5.92 Å². The zero-order chi connectivity index (χ0) is 29.2. The number of carbonyl (C=O) groups is 2. The molecule has 1 heterocycles. The Labute approximate surface area is 250 Å². The second-order valence-electron chi connectivity index (χ2n) is 11.8. The van der Waals surface area contributed by atoms with Crippen molar-refractivity contribution in [2.24, 2.45) is 23.7 Å². The van der Waals surface area contributed by atoms with Crippen LogP contribution in [0.4, 0.5) is 13.9 Å². The summed E-state index contributed by atoms with van der Waals surface area (Å²) in [5, 5.41) is 12.3. The van der Waals surface area contributed by atoms with E-state index in [1.165, 1.54) is 73.8 Å². The number of halogens is 2. The van der Waals surface area contributed by atoms with Gasteiger partial charge in [-0.3, -0.25) is 9.59 Å². The molecule has 2 fully saturated rings. The number of aromatic nitrogens is 1. The lowest BCUT2D eigenvalue weighted by Gasteiger charge is -2.36. The van der Waals surface area contributed by atoms with E-state index in [-0.39, 0.29) is 17.2 Å². The molecule has 2 saturated carbocycles. The molecule has 4 rings (SSSR count). The molecular formula is C31H42F2N2O4S2. The van der Waals surface area contributed by atoms with Gasteiger partial charge >= 0.3 is 5.97 Å². The predicted molar refractivity (Wildman–Crippen MR) is 160 cm³/mol. The Morgan fingerprint density at radius 1 is 1.10 bits per heavy atom. The van der Waals surface area contributed by atoms with Gasteiger partial charge in [0.05, 0.1) is 22.8 Å². The van der Waals surface area contributed by atoms with E-state index in [4.69, 9.17) is 9.84 Å². The molecule has 2 aliphatic rings. The SMILES string of the molecule is CC(F)(F)c1ccc(OCC2CCC(C(CCC(=O)Nc3ncc(SCC(=O)O)s3)CC3CCCCC3)CC2)cc1. The third-order valence-electron chi connectivity index (χ3n) is 8.58. The van der Waals surface area contributed by atoms with Crippen molar-refractivity contribution in [1.82, 2.24) is 4.98 Å². The molecular weight excluding hydrogens is 566 g/mol. The van der Waals surface area contributed by atoms with Gasteiger partial charge in [0, 0.05) is 18.9 Å². The number of hydrogen-bond acceptors (Lipinski definition) is 6. The van der Waals surface area contributed by atoms with Crippen molar-refractivity contribution in [3.63, 3.8) is 0 Å². The minimum atomic E-state index is -2.85. The number of carboxylic acid groups (broad SMARTS) is 1. The number of ether oxygens (including phenoxy) is 1. The van der Waals surface area contributed by atoms with Crippen molar-refractivity contribution in [2.45, 2.75) is 94.1 Å². The molecule has 1 aromatic carbocycles. The molecule has 0 bridgehead atoms. The number of carboxylic acids is 1. The number of carbonyl (C=O) groups excluding carboxylic acids is 1. The lowest BCUT2D eigenvalue weighted by atomic mass is 9.70. The second kappa shape index (κ2) is 15.3. The number of amides is 1. The molecule has 1 amide bonds. The Kier molecular flexibility index (Phi) is 11.9. The van der Waals surface area contributed by atoms with E-state index in [2.05, 4.69) is 10.3 Å². The molecule has 0 spiro atoms. The Bertz CT molecular complexity index is 1110. The Morgan fingerprint density at radius 3 is 2.46 bits per heavy atom. The van der Waals surface area contributed by atoms with Gasteiger partial charge in [-0.1, -0.05) is 43.4 Å². The lowest BCUT2D eigenvalue weighted by Crippen LogP contribution is -2.27. The summed E-state index contributed by atoms with van der Waals surface area (Å²) < 4.78 is 33.7. The summed E-state index contributed by atoms with van der Waals surface area (Å²) >= 11 is 2.52. The first kappa shape index (κ1) is 31.7. The van der Waals surface area contributed by atoms with E-state index < -0.39 is 11.9 Å². The molecule has 2 aliphatic carbocycles. The smallest absolute Gasteiger partial charge is 0.313 e. The zero-order valence-electron chi connectivity index (χ0n) is 23.8. The van der Waals surface area contributed by atoms with Crippen molar-refractivity contribution >= 4 is 40.1 Å². The summed E-state index contributed by atoms with van der Waals surface area (Å²) in [6.07, 6.45) is 15.1. The van der Waals surface area contributed by atoms with E-state index in [1.54, 1.807) is 18.3 Å². The Balaban J connectivity index is 1.25. The summed E-state index contributed by atoms with van der Waals surface area (Å²) in [7, 11) is 0. The molecule has 2 aromatic rings. The molecule has 41 heavy (non-hydrogen) atoms. The van der Waals surface area contributed by atoms with E-state index >= 15 is 0 Å². The van der Waals surface area contributed by atoms with Crippen molar-refractivity contribution < 1.29 is 28.2 Å². The number of nitrogens with zero attached hydrogens (tertiary/aromatic N) is 1. The summed E-state index contributed by atoms with van der Waals surface area (Å²) in [4.78, 5) is 27.8. The third-order valence-corrected chi connectivity index (χ3v) is 10.7. The number of alkyl halides is 2. The molecule has 0 saturated heterocycles. The largest absolute Gasteiger partial charge is 0.493 e. The van der Waals surface area contributed by atoms with Gasteiger partial charge in [-0.25, -0.2) is 13.8 Å². The van der Waals surface area contributed by atoms with Crippen LogP contribution in [0, 0.1) is 23.7 Å². The van der Waals surface area contributed by atoms with Gasteiger partial charge in [-0.2, -0.15) is 0 Å². The van der Waals surface area contributed by atoms with Gasteiger partial charge in [-0.05, 0) is 86.5 Å². The second-order valence-corrected chi connectivity index (χ2v) is 14.1. The minimum absolute atomic E-state index is 0.00538. The number of thiazole rings is 1. The van der Waals surface area contributed by atoms with Crippen LogP contribution in [0.15, 0.2) is 34.7 Å². The lowest BCUT2D eigenvalue weighted by molar-refractivity contribution is -0.133. The molecule has 2 N–H and O–H groups in total. The van der Waals surface area contributed by atoms with Gasteiger partial charge < -0.3 is 15.2 Å². The maximum absolute atomic E-state index is 13.5. The van der Waals surface area contributed by atoms with Gasteiger partial charge in [0.1, 0.15) is 5.75 Å². The summed E-state index contributed by atoms with van der Waals surface area (Å²) in [5.41, 5.74) is -0.00538. The van der Waals surface area contributed by atoms with Crippen LogP contribution in [0.5, 0.6) is 5.75 Å². The van der Waals surface area contributed by atoms with Crippen LogP contribution in [0.1, 0.15) is 89.5 Å². The van der Waals surface area contributed by atoms with E-state index in [0.29, 0.717) is 41.7 Å². The average molecular weight is 609 g/mol. The van der Waals surface area contributed by atoms with Gasteiger partial charge in [0.2, 0.25) is 5.91 Å². The summed E-state index contributed by atoms with van der Waals surface area (Å²) in [6.45, 7) is 1.50. The number of anilines is 1. The normalized spacial score (nSPS) is 20.9. The van der Waals surface area contributed by atoms with E-state index in [9.17, 15) is 18.4 Å². The van der Waals surface area contributed by atoms with Gasteiger partial charge in [0.15, 0.2) is 5.13 Å². The average Bonchev–Trinajstić information content (AvgIpc) is 3.40. The molecule has 226 valence electrons. The molecule has 10 heteroatoms. The number of nitrogens with one attached hydrogen (secondary N) is 1. The highest BCUT2D eigenvalue weighted by atomic mass is 32.2. The number of aliphatic carboxylic acids is 1. The Hall–Kier alpha value is -2.20. The van der Waals surface area contributed by atoms with Crippen molar-refractivity contribution in [2.75, 3.05) is 17.7 Å². The molecule has 6 nitrogen and oxygen atoms in total. The monoisotopic (exact) mass is 608 g/mol. The van der Waals surface area contributed by atoms with Crippen LogP contribution in [-0.2, 0) is 15.5 Å². The maximum atomic E-state index is 13.5. The molecule has 1 atom stereocenters. The highest BCUT2D eigenvalue weighted by molar-refractivity contribution is 8.01.